The molecule has 0 aliphatic heterocycles. The molecule has 156 valence electrons. The lowest BCUT2D eigenvalue weighted by atomic mass is 10.2. The summed E-state index contributed by atoms with van der Waals surface area (Å²) >= 11 is 0. The van der Waals surface area contributed by atoms with Gasteiger partial charge in [0.25, 0.3) is 11.5 Å². The van der Waals surface area contributed by atoms with Gasteiger partial charge in [-0.2, -0.15) is 18.3 Å². The highest BCUT2D eigenvalue weighted by Gasteiger charge is 2.38. The van der Waals surface area contributed by atoms with E-state index in [1.165, 1.54) is 16.9 Å². The molecular weight excluding hydrogens is 397 g/mol. The minimum Gasteiger partial charge on any atom is -0.475 e. The molecule has 0 aromatic carbocycles. The highest BCUT2D eigenvalue weighted by molar-refractivity contribution is 6.00. The number of aromatic amines is 1. The third kappa shape index (κ3) is 5.21. The van der Waals surface area contributed by atoms with Gasteiger partial charge in [-0.1, -0.05) is 0 Å². The summed E-state index contributed by atoms with van der Waals surface area (Å²) < 4.78 is 35.1. The van der Waals surface area contributed by atoms with E-state index in [-0.39, 0.29) is 22.5 Å². The van der Waals surface area contributed by atoms with Gasteiger partial charge in [-0.25, -0.2) is 14.3 Å². The van der Waals surface area contributed by atoms with Gasteiger partial charge in [0.1, 0.15) is 5.52 Å². The Hall–Kier alpha value is -3.64. The average molecular weight is 414 g/mol. The Bertz CT molecular complexity index is 1080. The van der Waals surface area contributed by atoms with Gasteiger partial charge in [-0.3, -0.25) is 9.59 Å². The van der Waals surface area contributed by atoms with E-state index < -0.39 is 12.1 Å². The number of nitrogens with zero attached hydrogens (tertiary/aromatic N) is 4. The van der Waals surface area contributed by atoms with E-state index >= 15 is 0 Å². The van der Waals surface area contributed by atoms with E-state index in [4.69, 9.17) is 9.90 Å². The number of hydrogen-bond acceptors (Lipinski definition) is 5. The van der Waals surface area contributed by atoms with Crippen molar-refractivity contribution >= 4 is 17.4 Å². The average Bonchev–Trinajstić information content (AvgIpc) is 3.21. The third-order valence-electron chi connectivity index (χ3n) is 3.91. The van der Waals surface area contributed by atoms with Gasteiger partial charge in [-0.05, 0) is 13.8 Å². The SMILES string of the molecule is Cc1ncn(CCNC(=O)c2cnn3cc[nH]c(=O)c23)c1C.O=C(O)C(F)(F)F. The van der Waals surface area contributed by atoms with Gasteiger partial charge in [0, 0.05) is 31.2 Å². The molecule has 0 saturated carbocycles. The van der Waals surface area contributed by atoms with Crippen LogP contribution in [0.3, 0.4) is 0 Å². The molecule has 3 aromatic rings. The van der Waals surface area contributed by atoms with Crippen molar-refractivity contribution in [3.05, 3.63) is 52.2 Å². The number of aromatic nitrogens is 5. The van der Waals surface area contributed by atoms with Gasteiger partial charge in [0.2, 0.25) is 0 Å². The molecule has 0 aliphatic rings. The molecule has 3 aromatic heterocycles. The number of nitrogens with one attached hydrogen (secondary N) is 2. The van der Waals surface area contributed by atoms with Crippen LogP contribution in [0.15, 0.2) is 29.7 Å². The van der Waals surface area contributed by atoms with Crippen LogP contribution in [0.2, 0.25) is 0 Å². The number of carboxylic acids is 1. The summed E-state index contributed by atoms with van der Waals surface area (Å²) in [5.41, 5.74) is 2.21. The number of amides is 1. The molecule has 3 rings (SSSR count). The third-order valence-corrected chi connectivity index (χ3v) is 3.91. The molecule has 13 heteroatoms. The molecule has 3 N–H and O–H groups in total. The van der Waals surface area contributed by atoms with E-state index in [1.54, 1.807) is 12.5 Å². The normalized spacial score (nSPS) is 11.1. The molecule has 0 unspecified atom stereocenters. The number of fused-ring (bicyclic) bond motifs is 1. The number of alkyl halides is 3. The molecule has 10 nitrogen and oxygen atoms in total. The molecule has 0 atom stereocenters. The lowest BCUT2D eigenvalue weighted by Crippen LogP contribution is -2.28. The zero-order valence-electron chi connectivity index (χ0n) is 15.3. The summed E-state index contributed by atoms with van der Waals surface area (Å²) in [5, 5.41) is 13.9. The molecule has 0 saturated heterocycles. The predicted molar refractivity (Wildman–Crippen MR) is 93.5 cm³/mol. The fourth-order valence-corrected chi connectivity index (χ4v) is 2.27. The quantitative estimate of drug-likeness (QED) is 0.581. The van der Waals surface area contributed by atoms with Crippen LogP contribution in [0.1, 0.15) is 21.7 Å². The summed E-state index contributed by atoms with van der Waals surface area (Å²) in [4.78, 5) is 39.7. The topological polar surface area (TPSA) is 134 Å². The molecule has 0 radical (unpaired) electrons. The van der Waals surface area contributed by atoms with Gasteiger partial charge >= 0.3 is 12.1 Å². The molecule has 0 aliphatic carbocycles. The van der Waals surface area contributed by atoms with Gasteiger partial charge in [0.15, 0.2) is 0 Å². The van der Waals surface area contributed by atoms with Crippen molar-refractivity contribution in [1.29, 1.82) is 0 Å². The van der Waals surface area contributed by atoms with Crippen molar-refractivity contribution in [2.24, 2.45) is 0 Å². The first-order valence-electron chi connectivity index (χ1n) is 8.14. The van der Waals surface area contributed by atoms with Crippen LogP contribution in [0, 0.1) is 13.8 Å². The Balaban J connectivity index is 0.000000370. The van der Waals surface area contributed by atoms with Crippen LogP contribution in [-0.2, 0) is 11.3 Å². The molecule has 29 heavy (non-hydrogen) atoms. The largest absolute Gasteiger partial charge is 0.490 e. The second-order valence-electron chi connectivity index (χ2n) is 5.81. The number of carbonyl (C=O) groups is 2. The van der Waals surface area contributed by atoms with E-state index in [9.17, 15) is 22.8 Å². The highest BCUT2D eigenvalue weighted by Crippen LogP contribution is 2.13. The van der Waals surface area contributed by atoms with E-state index in [1.807, 2.05) is 18.4 Å². The second kappa shape index (κ2) is 8.58. The van der Waals surface area contributed by atoms with Crippen LogP contribution in [0.25, 0.3) is 5.52 Å². The summed E-state index contributed by atoms with van der Waals surface area (Å²) in [6.07, 6.45) is 1.13. The van der Waals surface area contributed by atoms with Crippen LogP contribution in [-0.4, -0.2) is 53.9 Å². The van der Waals surface area contributed by atoms with Crippen LogP contribution in [0.4, 0.5) is 13.2 Å². The molecular formula is C16H17F3N6O4. The number of carboxylic acid groups (broad SMARTS) is 1. The standard InChI is InChI=1S/C14H16N6O2.C2HF3O2/c1-9-10(2)19(8-17-9)5-3-15-13(21)11-7-18-20-6-4-16-14(22)12(11)20;3-2(4,5)1(6)7/h4,6-8H,3,5H2,1-2H3,(H,15,21)(H,16,22);(H,6,7). The lowest BCUT2D eigenvalue weighted by Gasteiger charge is -2.07. The summed E-state index contributed by atoms with van der Waals surface area (Å²) in [5.74, 6) is -3.08. The number of aliphatic carboxylic acids is 1. The maximum atomic E-state index is 12.2. The first-order valence-corrected chi connectivity index (χ1v) is 8.14. The van der Waals surface area contributed by atoms with Gasteiger partial charge in [0.05, 0.1) is 23.8 Å². The number of halogens is 3. The van der Waals surface area contributed by atoms with Crippen molar-refractivity contribution in [3.63, 3.8) is 0 Å². The maximum Gasteiger partial charge on any atom is 0.490 e. The van der Waals surface area contributed by atoms with Crippen LogP contribution >= 0.6 is 0 Å². The number of carbonyl (C=O) groups excluding carboxylic acids is 1. The van der Waals surface area contributed by atoms with E-state index in [0.29, 0.717) is 13.1 Å². The minimum atomic E-state index is -5.08. The zero-order chi connectivity index (χ0) is 21.8. The fraction of sp³-hybridized carbons (Fsp3) is 0.312. The Morgan fingerprint density at radius 1 is 1.31 bits per heavy atom. The fourth-order valence-electron chi connectivity index (χ4n) is 2.27. The molecule has 3 heterocycles. The first-order chi connectivity index (χ1) is 13.5. The van der Waals surface area contributed by atoms with Crippen LogP contribution < -0.4 is 10.9 Å². The van der Waals surface area contributed by atoms with E-state index in [2.05, 4.69) is 20.4 Å². The van der Waals surface area contributed by atoms with Crippen molar-refractivity contribution in [3.8, 4) is 0 Å². The first kappa shape index (κ1) is 21.7. The van der Waals surface area contributed by atoms with Crippen molar-refractivity contribution in [2.75, 3.05) is 6.54 Å². The Kier molecular flexibility index (Phi) is 6.41. The summed E-state index contributed by atoms with van der Waals surface area (Å²) in [6, 6.07) is 0. The Labute approximate surface area is 161 Å². The monoisotopic (exact) mass is 414 g/mol. The van der Waals surface area contributed by atoms with Crippen LogP contribution in [0.5, 0.6) is 0 Å². The molecule has 0 spiro atoms. The predicted octanol–water partition coefficient (Wildman–Crippen LogP) is 0.899. The van der Waals surface area contributed by atoms with Gasteiger partial charge in [-0.15, -0.1) is 0 Å². The lowest BCUT2D eigenvalue weighted by molar-refractivity contribution is -0.192. The van der Waals surface area contributed by atoms with E-state index in [0.717, 1.165) is 11.4 Å². The van der Waals surface area contributed by atoms with Gasteiger partial charge < -0.3 is 20.0 Å². The van der Waals surface area contributed by atoms with Crippen molar-refractivity contribution in [1.82, 2.24) is 29.5 Å². The maximum absolute atomic E-state index is 12.2. The van der Waals surface area contributed by atoms with Crippen molar-refractivity contribution in [2.45, 2.75) is 26.6 Å². The summed E-state index contributed by atoms with van der Waals surface area (Å²) in [7, 11) is 0. The zero-order valence-corrected chi connectivity index (χ0v) is 15.3. The summed E-state index contributed by atoms with van der Waals surface area (Å²) in [6.45, 7) is 4.98. The number of aryl methyl sites for hydroxylation is 1. The second-order valence-corrected chi connectivity index (χ2v) is 5.81. The molecule has 1 amide bonds. The number of rotatable bonds is 4. The smallest absolute Gasteiger partial charge is 0.475 e. The number of H-pyrrole nitrogens is 1. The Morgan fingerprint density at radius 2 is 1.97 bits per heavy atom. The molecule has 0 fully saturated rings. The minimum absolute atomic E-state index is 0.245. The molecule has 0 bridgehead atoms. The highest BCUT2D eigenvalue weighted by atomic mass is 19.4. The number of imidazole rings is 1. The Morgan fingerprint density at radius 3 is 2.52 bits per heavy atom. The van der Waals surface area contributed by atoms with Crippen molar-refractivity contribution < 1.29 is 27.9 Å². The number of hydrogen-bond donors (Lipinski definition) is 3.